The van der Waals surface area contributed by atoms with Crippen LogP contribution in [0, 0.1) is 5.41 Å². The Morgan fingerprint density at radius 3 is 2.15 bits per heavy atom. The molecule has 0 spiro atoms. The summed E-state index contributed by atoms with van der Waals surface area (Å²) < 4.78 is 10.7. The van der Waals surface area contributed by atoms with Crippen LogP contribution in [0.4, 0.5) is 0 Å². The fourth-order valence-corrected chi connectivity index (χ4v) is 2.72. The van der Waals surface area contributed by atoms with Gasteiger partial charge in [0.15, 0.2) is 0 Å². The SMILES string of the molecule is COc1ccc(CNC(C)(C)CC(C)(C)C)c(OC)c1. The molecular weight excluding hydrogens is 250 g/mol. The van der Waals surface area contributed by atoms with Gasteiger partial charge in [0.05, 0.1) is 14.2 Å². The maximum atomic E-state index is 5.43. The maximum absolute atomic E-state index is 5.43. The highest BCUT2D eigenvalue weighted by atomic mass is 16.5. The average Bonchev–Trinajstić information content (AvgIpc) is 2.33. The van der Waals surface area contributed by atoms with Gasteiger partial charge in [0, 0.05) is 23.7 Å². The summed E-state index contributed by atoms with van der Waals surface area (Å²) in [7, 11) is 3.36. The summed E-state index contributed by atoms with van der Waals surface area (Å²) in [6, 6.07) is 5.95. The summed E-state index contributed by atoms with van der Waals surface area (Å²) in [6.45, 7) is 12.1. The van der Waals surface area contributed by atoms with Crippen molar-refractivity contribution in [3.63, 3.8) is 0 Å². The number of benzene rings is 1. The molecule has 3 nitrogen and oxygen atoms in total. The first kappa shape index (κ1) is 16.8. The number of methoxy groups -OCH3 is 2. The first-order chi connectivity index (χ1) is 9.17. The van der Waals surface area contributed by atoms with Crippen molar-refractivity contribution < 1.29 is 9.47 Å². The van der Waals surface area contributed by atoms with Crippen LogP contribution < -0.4 is 14.8 Å². The van der Waals surface area contributed by atoms with E-state index in [1.165, 1.54) is 0 Å². The van der Waals surface area contributed by atoms with E-state index in [0.29, 0.717) is 5.41 Å². The van der Waals surface area contributed by atoms with Crippen LogP contribution in [0.15, 0.2) is 18.2 Å². The van der Waals surface area contributed by atoms with Gasteiger partial charge in [-0.15, -0.1) is 0 Å². The van der Waals surface area contributed by atoms with E-state index in [1.807, 2.05) is 12.1 Å². The molecule has 0 radical (unpaired) electrons. The molecule has 1 N–H and O–H groups in total. The molecule has 1 aromatic rings. The van der Waals surface area contributed by atoms with Gasteiger partial charge in [-0.1, -0.05) is 26.8 Å². The highest BCUT2D eigenvalue weighted by Crippen LogP contribution is 2.29. The highest BCUT2D eigenvalue weighted by Gasteiger charge is 2.25. The Hall–Kier alpha value is -1.22. The van der Waals surface area contributed by atoms with Crippen molar-refractivity contribution >= 4 is 0 Å². The summed E-state index contributed by atoms with van der Waals surface area (Å²) in [5, 5.41) is 3.62. The number of rotatable bonds is 6. The van der Waals surface area contributed by atoms with Gasteiger partial charge >= 0.3 is 0 Å². The van der Waals surface area contributed by atoms with E-state index in [1.54, 1.807) is 14.2 Å². The molecule has 0 atom stereocenters. The van der Waals surface area contributed by atoms with E-state index < -0.39 is 0 Å². The highest BCUT2D eigenvalue weighted by molar-refractivity contribution is 5.40. The van der Waals surface area contributed by atoms with Crippen LogP contribution in [0.3, 0.4) is 0 Å². The van der Waals surface area contributed by atoms with Crippen molar-refractivity contribution in [3.8, 4) is 11.5 Å². The van der Waals surface area contributed by atoms with Gasteiger partial charge in [-0.25, -0.2) is 0 Å². The molecule has 114 valence electrons. The first-order valence-electron chi connectivity index (χ1n) is 7.13. The van der Waals surface area contributed by atoms with Crippen molar-refractivity contribution in [1.82, 2.24) is 5.32 Å². The van der Waals surface area contributed by atoms with Gasteiger partial charge in [-0.05, 0) is 31.7 Å². The minimum atomic E-state index is 0.0865. The lowest BCUT2D eigenvalue weighted by Crippen LogP contribution is -2.41. The van der Waals surface area contributed by atoms with Crippen LogP contribution in [0.25, 0.3) is 0 Å². The molecule has 0 aromatic heterocycles. The molecule has 0 saturated heterocycles. The first-order valence-corrected chi connectivity index (χ1v) is 7.13. The molecule has 20 heavy (non-hydrogen) atoms. The zero-order valence-electron chi connectivity index (χ0n) is 14.0. The molecule has 1 aromatic carbocycles. The predicted octanol–water partition coefficient (Wildman–Crippen LogP) is 4.01. The largest absolute Gasteiger partial charge is 0.497 e. The van der Waals surface area contributed by atoms with Gasteiger partial charge in [-0.2, -0.15) is 0 Å². The minimum absolute atomic E-state index is 0.0865. The lowest BCUT2D eigenvalue weighted by atomic mass is 9.82. The number of nitrogens with one attached hydrogen (secondary N) is 1. The van der Waals surface area contributed by atoms with Gasteiger partial charge < -0.3 is 14.8 Å². The molecule has 0 aliphatic heterocycles. The second-order valence-electron chi connectivity index (χ2n) is 7.15. The maximum Gasteiger partial charge on any atom is 0.127 e. The summed E-state index contributed by atoms with van der Waals surface area (Å²) in [6.07, 6.45) is 1.11. The molecular formula is C17H29NO2. The summed E-state index contributed by atoms with van der Waals surface area (Å²) >= 11 is 0. The van der Waals surface area contributed by atoms with Crippen molar-refractivity contribution in [2.45, 2.75) is 53.1 Å². The second kappa shape index (κ2) is 6.49. The van der Waals surface area contributed by atoms with E-state index in [2.05, 4.69) is 46.0 Å². The average molecular weight is 279 g/mol. The molecule has 0 aliphatic carbocycles. The predicted molar refractivity (Wildman–Crippen MR) is 84.5 cm³/mol. The Bertz CT molecular complexity index is 433. The van der Waals surface area contributed by atoms with E-state index in [0.717, 1.165) is 30.0 Å². The van der Waals surface area contributed by atoms with Crippen molar-refractivity contribution in [1.29, 1.82) is 0 Å². The number of hydrogen-bond donors (Lipinski definition) is 1. The summed E-state index contributed by atoms with van der Waals surface area (Å²) in [4.78, 5) is 0. The van der Waals surface area contributed by atoms with Crippen molar-refractivity contribution in [2.24, 2.45) is 5.41 Å². The lowest BCUT2D eigenvalue weighted by molar-refractivity contribution is 0.240. The number of hydrogen-bond acceptors (Lipinski definition) is 3. The van der Waals surface area contributed by atoms with E-state index >= 15 is 0 Å². The Balaban J connectivity index is 2.74. The van der Waals surface area contributed by atoms with Gasteiger partial charge in [-0.3, -0.25) is 0 Å². The quantitative estimate of drug-likeness (QED) is 0.853. The van der Waals surface area contributed by atoms with Crippen LogP contribution in [0.1, 0.15) is 46.6 Å². The molecule has 1 rings (SSSR count). The van der Waals surface area contributed by atoms with E-state index in [4.69, 9.17) is 9.47 Å². The lowest BCUT2D eigenvalue weighted by Gasteiger charge is -2.33. The zero-order chi connectivity index (χ0) is 15.4. The van der Waals surface area contributed by atoms with Crippen LogP contribution >= 0.6 is 0 Å². The molecule has 3 heteroatoms. The Morgan fingerprint density at radius 2 is 1.65 bits per heavy atom. The van der Waals surface area contributed by atoms with E-state index in [9.17, 15) is 0 Å². The zero-order valence-corrected chi connectivity index (χ0v) is 14.0. The smallest absolute Gasteiger partial charge is 0.127 e. The monoisotopic (exact) mass is 279 g/mol. The molecule has 0 unspecified atom stereocenters. The molecule has 0 heterocycles. The van der Waals surface area contributed by atoms with Crippen molar-refractivity contribution in [2.75, 3.05) is 14.2 Å². The summed E-state index contributed by atoms with van der Waals surface area (Å²) in [5.74, 6) is 1.68. The van der Waals surface area contributed by atoms with Crippen LogP contribution in [0.5, 0.6) is 11.5 Å². The molecule has 0 aliphatic rings. The number of ether oxygens (including phenoxy) is 2. The second-order valence-corrected chi connectivity index (χ2v) is 7.15. The Morgan fingerprint density at radius 1 is 1.00 bits per heavy atom. The van der Waals surface area contributed by atoms with Gasteiger partial charge in [0.2, 0.25) is 0 Å². The van der Waals surface area contributed by atoms with Crippen LogP contribution in [-0.2, 0) is 6.54 Å². The van der Waals surface area contributed by atoms with Gasteiger partial charge in [0.1, 0.15) is 11.5 Å². The Labute approximate surface area is 123 Å². The van der Waals surface area contributed by atoms with E-state index in [-0.39, 0.29) is 5.54 Å². The fourth-order valence-electron chi connectivity index (χ4n) is 2.72. The molecule has 0 amide bonds. The molecule has 0 bridgehead atoms. The van der Waals surface area contributed by atoms with Crippen LogP contribution in [-0.4, -0.2) is 19.8 Å². The minimum Gasteiger partial charge on any atom is -0.497 e. The standard InChI is InChI=1S/C17H29NO2/c1-16(2,3)12-17(4,5)18-11-13-8-9-14(19-6)10-15(13)20-7/h8-10,18H,11-12H2,1-7H3. The van der Waals surface area contributed by atoms with Crippen LogP contribution in [0.2, 0.25) is 0 Å². The summed E-state index contributed by atoms with van der Waals surface area (Å²) in [5.41, 5.74) is 1.54. The normalized spacial score (nSPS) is 12.3. The molecule has 0 saturated carbocycles. The molecule has 0 fully saturated rings. The Kier molecular flexibility index (Phi) is 5.46. The third-order valence-electron chi connectivity index (χ3n) is 3.22. The topological polar surface area (TPSA) is 30.5 Å². The third kappa shape index (κ3) is 5.41. The van der Waals surface area contributed by atoms with Crippen molar-refractivity contribution in [3.05, 3.63) is 23.8 Å². The van der Waals surface area contributed by atoms with Gasteiger partial charge in [0.25, 0.3) is 0 Å². The third-order valence-corrected chi connectivity index (χ3v) is 3.22. The fraction of sp³-hybridized carbons (Fsp3) is 0.647.